The molecule has 0 aromatic rings. The standard InChI is InChI=1S/C15H32N2S/c1-14(2)6-4-9-16-10-13-17-11-5-7-15(18-3)8-12-17/h14-16H,4-13H2,1-3H3. The van der Waals surface area contributed by atoms with Crippen LogP contribution in [0.1, 0.15) is 46.0 Å². The van der Waals surface area contributed by atoms with Crippen molar-refractivity contribution in [3.8, 4) is 0 Å². The first kappa shape index (κ1) is 16.3. The Kier molecular flexibility index (Phi) is 9.16. The first-order chi connectivity index (χ1) is 8.72. The van der Waals surface area contributed by atoms with E-state index in [2.05, 4.69) is 42.1 Å². The molecular weight excluding hydrogens is 240 g/mol. The van der Waals surface area contributed by atoms with Crippen molar-refractivity contribution in [2.45, 2.75) is 51.2 Å². The molecule has 0 aliphatic carbocycles. The molecule has 1 unspecified atom stereocenters. The van der Waals surface area contributed by atoms with Crippen molar-refractivity contribution in [1.82, 2.24) is 10.2 Å². The van der Waals surface area contributed by atoms with Gasteiger partial charge in [-0.3, -0.25) is 0 Å². The predicted molar refractivity (Wildman–Crippen MR) is 84.5 cm³/mol. The van der Waals surface area contributed by atoms with E-state index < -0.39 is 0 Å². The van der Waals surface area contributed by atoms with Gasteiger partial charge in [0.15, 0.2) is 0 Å². The minimum atomic E-state index is 0.848. The van der Waals surface area contributed by atoms with Crippen molar-refractivity contribution < 1.29 is 0 Å². The van der Waals surface area contributed by atoms with Gasteiger partial charge >= 0.3 is 0 Å². The molecule has 18 heavy (non-hydrogen) atoms. The van der Waals surface area contributed by atoms with Gasteiger partial charge < -0.3 is 10.2 Å². The fourth-order valence-electron chi connectivity index (χ4n) is 2.58. The summed E-state index contributed by atoms with van der Waals surface area (Å²) in [4.78, 5) is 2.64. The zero-order valence-electron chi connectivity index (χ0n) is 12.6. The van der Waals surface area contributed by atoms with Crippen LogP contribution < -0.4 is 5.32 Å². The van der Waals surface area contributed by atoms with E-state index >= 15 is 0 Å². The van der Waals surface area contributed by atoms with E-state index in [4.69, 9.17) is 0 Å². The number of thioether (sulfide) groups is 1. The molecule has 1 aliphatic heterocycles. The maximum absolute atomic E-state index is 3.59. The molecule has 1 aliphatic rings. The molecule has 1 heterocycles. The van der Waals surface area contributed by atoms with Gasteiger partial charge in [0, 0.05) is 18.3 Å². The highest BCUT2D eigenvalue weighted by atomic mass is 32.2. The molecule has 1 fully saturated rings. The topological polar surface area (TPSA) is 15.3 Å². The summed E-state index contributed by atoms with van der Waals surface area (Å²) in [6.45, 7) is 10.8. The second kappa shape index (κ2) is 10.1. The van der Waals surface area contributed by atoms with Crippen LogP contribution in [0.2, 0.25) is 0 Å². The number of hydrogen-bond acceptors (Lipinski definition) is 3. The highest BCUT2D eigenvalue weighted by Gasteiger charge is 2.15. The normalized spacial score (nSPS) is 22.3. The molecule has 0 amide bonds. The van der Waals surface area contributed by atoms with Gasteiger partial charge in [0.05, 0.1) is 0 Å². The van der Waals surface area contributed by atoms with Crippen molar-refractivity contribution in [3.05, 3.63) is 0 Å². The average molecular weight is 273 g/mol. The highest BCUT2D eigenvalue weighted by Crippen LogP contribution is 2.20. The smallest absolute Gasteiger partial charge is 0.0107 e. The Bertz CT molecular complexity index is 197. The van der Waals surface area contributed by atoms with E-state index in [9.17, 15) is 0 Å². The number of rotatable bonds is 8. The molecule has 0 aromatic carbocycles. The fourth-order valence-corrected chi connectivity index (χ4v) is 3.33. The summed E-state index contributed by atoms with van der Waals surface area (Å²) in [5.74, 6) is 0.848. The van der Waals surface area contributed by atoms with Gasteiger partial charge in [0.25, 0.3) is 0 Å². The van der Waals surface area contributed by atoms with Crippen LogP contribution in [-0.2, 0) is 0 Å². The first-order valence-corrected chi connectivity index (χ1v) is 8.97. The monoisotopic (exact) mass is 272 g/mol. The van der Waals surface area contributed by atoms with Crippen LogP contribution in [0.4, 0.5) is 0 Å². The number of likely N-dealkylation sites (tertiary alicyclic amines) is 1. The van der Waals surface area contributed by atoms with Crippen molar-refractivity contribution in [1.29, 1.82) is 0 Å². The van der Waals surface area contributed by atoms with Gasteiger partial charge in [0.2, 0.25) is 0 Å². The van der Waals surface area contributed by atoms with Gasteiger partial charge in [-0.15, -0.1) is 0 Å². The summed E-state index contributed by atoms with van der Waals surface area (Å²) in [7, 11) is 0. The molecule has 108 valence electrons. The average Bonchev–Trinajstić information content (AvgIpc) is 2.58. The zero-order chi connectivity index (χ0) is 13.2. The minimum absolute atomic E-state index is 0.848. The van der Waals surface area contributed by atoms with Crippen molar-refractivity contribution >= 4 is 11.8 Å². The van der Waals surface area contributed by atoms with Crippen LogP contribution in [0.25, 0.3) is 0 Å². The van der Waals surface area contributed by atoms with Crippen molar-refractivity contribution in [3.63, 3.8) is 0 Å². The molecule has 2 nitrogen and oxygen atoms in total. The molecule has 1 saturated heterocycles. The van der Waals surface area contributed by atoms with Gasteiger partial charge in [-0.05, 0) is 63.9 Å². The van der Waals surface area contributed by atoms with E-state index in [0.29, 0.717) is 0 Å². The molecule has 0 saturated carbocycles. The van der Waals surface area contributed by atoms with Crippen LogP contribution in [0.3, 0.4) is 0 Å². The number of hydrogen-bond donors (Lipinski definition) is 1. The van der Waals surface area contributed by atoms with E-state index in [1.54, 1.807) is 0 Å². The summed E-state index contributed by atoms with van der Waals surface area (Å²) in [6, 6.07) is 0. The summed E-state index contributed by atoms with van der Waals surface area (Å²) < 4.78 is 0. The van der Waals surface area contributed by atoms with E-state index in [1.807, 2.05) is 0 Å². The lowest BCUT2D eigenvalue weighted by Gasteiger charge is -2.20. The third-order valence-electron chi connectivity index (χ3n) is 3.84. The molecule has 1 rings (SSSR count). The Morgan fingerprint density at radius 1 is 1.22 bits per heavy atom. The maximum atomic E-state index is 3.59. The summed E-state index contributed by atoms with van der Waals surface area (Å²) >= 11 is 2.06. The third-order valence-corrected chi connectivity index (χ3v) is 4.98. The Morgan fingerprint density at radius 2 is 2.06 bits per heavy atom. The van der Waals surface area contributed by atoms with Crippen LogP contribution in [0.5, 0.6) is 0 Å². The first-order valence-electron chi connectivity index (χ1n) is 7.68. The Morgan fingerprint density at radius 3 is 2.78 bits per heavy atom. The largest absolute Gasteiger partial charge is 0.315 e. The molecular formula is C15H32N2S. The second-order valence-electron chi connectivity index (χ2n) is 5.92. The molecule has 0 radical (unpaired) electrons. The Labute approximate surface area is 118 Å². The van der Waals surface area contributed by atoms with Crippen LogP contribution in [0, 0.1) is 5.92 Å². The quantitative estimate of drug-likeness (QED) is 0.683. The second-order valence-corrected chi connectivity index (χ2v) is 7.05. The number of nitrogens with one attached hydrogen (secondary N) is 1. The molecule has 1 atom stereocenters. The van der Waals surface area contributed by atoms with E-state index in [-0.39, 0.29) is 0 Å². The molecule has 0 bridgehead atoms. The summed E-state index contributed by atoms with van der Waals surface area (Å²) in [6.07, 6.45) is 9.13. The van der Waals surface area contributed by atoms with Crippen molar-refractivity contribution in [2.75, 3.05) is 39.0 Å². The molecule has 0 aromatic heterocycles. The minimum Gasteiger partial charge on any atom is -0.315 e. The van der Waals surface area contributed by atoms with Gasteiger partial charge in [-0.2, -0.15) is 11.8 Å². The lowest BCUT2D eigenvalue weighted by molar-refractivity contribution is 0.284. The molecule has 1 N–H and O–H groups in total. The third kappa shape index (κ3) is 7.65. The summed E-state index contributed by atoms with van der Waals surface area (Å²) in [5.41, 5.74) is 0. The fraction of sp³-hybridized carbons (Fsp3) is 1.00. The van der Waals surface area contributed by atoms with Gasteiger partial charge in [-0.25, -0.2) is 0 Å². The highest BCUT2D eigenvalue weighted by molar-refractivity contribution is 7.99. The Hall–Kier alpha value is 0.270. The molecule has 3 heteroatoms. The van der Waals surface area contributed by atoms with Crippen LogP contribution in [-0.4, -0.2) is 49.1 Å². The molecule has 0 spiro atoms. The van der Waals surface area contributed by atoms with Crippen LogP contribution >= 0.6 is 11.8 Å². The van der Waals surface area contributed by atoms with E-state index in [1.165, 1.54) is 64.8 Å². The predicted octanol–water partition coefficient (Wildman–Crippen LogP) is 3.23. The zero-order valence-corrected chi connectivity index (χ0v) is 13.4. The van der Waals surface area contributed by atoms with Gasteiger partial charge in [-0.1, -0.05) is 13.8 Å². The van der Waals surface area contributed by atoms with Gasteiger partial charge in [0.1, 0.15) is 0 Å². The maximum Gasteiger partial charge on any atom is 0.0107 e. The van der Waals surface area contributed by atoms with Crippen LogP contribution in [0.15, 0.2) is 0 Å². The van der Waals surface area contributed by atoms with E-state index in [0.717, 1.165) is 11.2 Å². The SMILES string of the molecule is CSC1CCCN(CCNCCCC(C)C)CC1. The number of nitrogens with zero attached hydrogens (tertiary/aromatic N) is 1. The lowest BCUT2D eigenvalue weighted by atomic mass is 10.1. The Balaban J connectivity index is 1.98. The lowest BCUT2D eigenvalue weighted by Crippen LogP contribution is -2.33. The van der Waals surface area contributed by atoms with Crippen molar-refractivity contribution in [2.24, 2.45) is 5.92 Å². The summed E-state index contributed by atoms with van der Waals surface area (Å²) in [5, 5.41) is 4.50.